The van der Waals surface area contributed by atoms with Gasteiger partial charge in [-0.2, -0.15) is 0 Å². The molecule has 1 aromatic rings. The second kappa shape index (κ2) is 4.05. The SMILES string of the molecule is C[C](C)(C)[Sn][c]1ccnc(C#N)n1. The van der Waals surface area contributed by atoms with Crippen LogP contribution in [0.2, 0.25) is 3.43 Å². The van der Waals surface area contributed by atoms with Crippen molar-refractivity contribution in [3.8, 4) is 6.07 Å². The molecule has 0 fully saturated rings. The molecule has 0 spiro atoms. The van der Waals surface area contributed by atoms with Crippen molar-refractivity contribution in [2.75, 3.05) is 0 Å². The molecular weight excluding hydrogens is 269 g/mol. The van der Waals surface area contributed by atoms with Gasteiger partial charge in [0.1, 0.15) is 0 Å². The molecule has 0 aliphatic carbocycles. The van der Waals surface area contributed by atoms with Gasteiger partial charge in [0.25, 0.3) is 0 Å². The first kappa shape index (κ1) is 10.4. The molecule has 0 aliphatic heterocycles. The molecule has 1 aromatic heterocycles. The fourth-order valence-electron chi connectivity index (χ4n) is 0.866. The Bertz CT molecular complexity index is 335. The summed E-state index contributed by atoms with van der Waals surface area (Å²) < 4.78 is 1.47. The Morgan fingerprint density at radius 2 is 2.15 bits per heavy atom. The molecule has 0 saturated carbocycles. The van der Waals surface area contributed by atoms with Crippen LogP contribution in [0, 0.1) is 11.3 Å². The molecule has 0 unspecified atom stereocenters. The second-order valence-corrected chi connectivity index (χ2v) is 10.2. The number of nitrogens with zero attached hydrogens (tertiary/aromatic N) is 3. The minimum absolute atomic E-state index is 0.294. The normalized spacial score (nSPS) is 10.9. The van der Waals surface area contributed by atoms with E-state index in [4.69, 9.17) is 5.26 Å². The summed E-state index contributed by atoms with van der Waals surface area (Å²) in [5.74, 6) is 0.294. The standard InChI is InChI=1S/C5H2N3.C4H9.Sn/c6-4-5-7-2-1-3-8-5;1-4(2)3;/h1-2H;1-3H3;. The monoisotopic (exact) mass is 281 g/mol. The number of hydrogen-bond donors (Lipinski definition) is 0. The average molecular weight is 280 g/mol. The predicted octanol–water partition coefficient (Wildman–Crippen LogP) is 0.896. The van der Waals surface area contributed by atoms with Crippen LogP contribution in [0.4, 0.5) is 0 Å². The van der Waals surface area contributed by atoms with Crippen molar-refractivity contribution in [3.05, 3.63) is 18.1 Å². The van der Waals surface area contributed by atoms with Gasteiger partial charge in [0.2, 0.25) is 0 Å². The van der Waals surface area contributed by atoms with E-state index >= 15 is 0 Å². The van der Waals surface area contributed by atoms with Gasteiger partial charge in [-0.05, 0) is 0 Å². The maximum atomic E-state index is 8.60. The van der Waals surface area contributed by atoms with Gasteiger partial charge in [-0.15, -0.1) is 0 Å². The van der Waals surface area contributed by atoms with E-state index in [2.05, 4.69) is 30.7 Å². The van der Waals surface area contributed by atoms with Crippen LogP contribution in [-0.2, 0) is 0 Å². The zero-order chi connectivity index (χ0) is 9.90. The van der Waals surface area contributed by atoms with Crippen molar-refractivity contribution in [1.29, 1.82) is 5.26 Å². The van der Waals surface area contributed by atoms with Gasteiger partial charge in [-0.1, -0.05) is 0 Å². The first-order valence-electron chi connectivity index (χ1n) is 4.02. The summed E-state index contributed by atoms with van der Waals surface area (Å²) in [5.41, 5.74) is 0. The molecule has 0 amide bonds. The summed E-state index contributed by atoms with van der Waals surface area (Å²) in [6.07, 6.45) is 1.67. The number of nitriles is 1. The topological polar surface area (TPSA) is 49.6 Å². The third-order valence-electron chi connectivity index (χ3n) is 1.26. The van der Waals surface area contributed by atoms with Crippen molar-refractivity contribution >= 4 is 24.9 Å². The van der Waals surface area contributed by atoms with Crippen molar-refractivity contribution in [3.63, 3.8) is 0 Å². The Balaban J connectivity index is 2.86. The van der Waals surface area contributed by atoms with Crippen LogP contribution in [0.3, 0.4) is 0 Å². The van der Waals surface area contributed by atoms with Gasteiger partial charge in [0, 0.05) is 0 Å². The Morgan fingerprint density at radius 1 is 1.46 bits per heavy atom. The van der Waals surface area contributed by atoms with E-state index in [0.29, 0.717) is 9.26 Å². The number of hydrogen-bond acceptors (Lipinski definition) is 3. The average Bonchev–Trinajstić information content (AvgIpc) is 2.01. The van der Waals surface area contributed by atoms with Crippen molar-refractivity contribution < 1.29 is 0 Å². The molecule has 66 valence electrons. The van der Waals surface area contributed by atoms with E-state index in [0.717, 1.165) is 3.71 Å². The summed E-state index contributed by atoms with van der Waals surface area (Å²) in [6, 6.07) is 3.89. The third-order valence-corrected chi connectivity index (χ3v) is 4.93. The zero-order valence-corrected chi connectivity index (χ0v) is 10.9. The Hall–Kier alpha value is -0.631. The van der Waals surface area contributed by atoms with Crippen molar-refractivity contribution in [2.24, 2.45) is 0 Å². The van der Waals surface area contributed by atoms with Crippen LogP contribution in [0.1, 0.15) is 26.6 Å². The molecule has 4 heteroatoms. The zero-order valence-electron chi connectivity index (χ0n) is 8.00. The van der Waals surface area contributed by atoms with Crippen LogP contribution >= 0.6 is 0 Å². The molecular formula is C9H11N3Sn. The van der Waals surface area contributed by atoms with Crippen LogP contribution < -0.4 is 3.71 Å². The summed E-state index contributed by atoms with van der Waals surface area (Å²) in [4.78, 5) is 8.02. The molecule has 3 nitrogen and oxygen atoms in total. The van der Waals surface area contributed by atoms with E-state index < -0.39 is 21.1 Å². The molecule has 0 saturated heterocycles. The van der Waals surface area contributed by atoms with Gasteiger partial charge in [0.05, 0.1) is 0 Å². The summed E-state index contributed by atoms with van der Waals surface area (Å²) >= 11 is -0.691. The van der Waals surface area contributed by atoms with Crippen LogP contribution in [-0.4, -0.2) is 31.1 Å². The van der Waals surface area contributed by atoms with Gasteiger partial charge in [0.15, 0.2) is 0 Å². The molecule has 1 heterocycles. The van der Waals surface area contributed by atoms with Gasteiger partial charge < -0.3 is 0 Å². The van der Waals surface area contributed by atoms with E-state index in [9.17, 15) is 0 Å². The Labute approximate surface area is 88.4 Å². The van der Waals surface area contributed by atoms with Crippen molar-refractivity contribution in [2.45, 2.75) is 24.2 Å². The molecule has 0 bridgehead atoms. The van der Waals surface area contributed by atoms with Crippen molar-refractivity contribution in [1.82, 2.24) is 9.97 Å². The predicted molar refractivity (Wildman–Crippen MR) is 51.9 cm³/mol. The van der Waals surface area contributed by atoms with Crippen LogP contribution in [0.5, 0.6) is 0 Å². The third kappa shape index (κ3) is 3.72. The van der Waals surface area contributed by atoms with E-state index in [1.54, 1.807) is 6.20 Å². The fraction of sp³-hybridized carbons (Fsp3) is 0.444. The van der Waals surface area contributed by atoms with E-state index in [1.165, 1.54) is 0 Å². The molecule has 0 aromatic carbocycles. The summed E-state index contributed by atoms with van der Waals surface area (Å²) in [7, 11) is 0. The Kier molecular flexibility index (Phi) is 3.26. The minimum atomic E-state index is -0.691. The van der Waals surface area contributed by atoms with Crippen LogP contribution in [0.25, 0.3) is 0 Å². The molecule has 2 radical (unpaired) electrons. The van der Waals surface area contributed by atoms with Gasteiger partial charge >= 0.3 is 88.4 Å². The summed E-state index contributed by atoms with van der Waals surface area (Å²) in [6.45, 7) is 6.65. The Morgan fingerprint density at radius 3 is 2.69 bits per heavy atom. The molecule has 0 N–H and O–H groups in total. The molecule has 0 atom stereocenters. The van der Waals surface area contributed by atoms with E-state index in [1.807, 2.05) is 12.1 Å². The van der Waals surface area contributed by atoms with Gasteiger partial charge in [-0.25, -0.2) is 0 Å². The summed E-state index contributed by atoms with van der Waals surface area (Å²) in [5, 5.41) is 8.60. The van der Waals surface area contributed by atoms with E-state index in [-0.39, 0.29) is 0 Å². The fourth-order valence-corrected chi connectivity index (χ4v) is 3.97. The maximum absolute atomic E-state index is 8.60. The number of aromatic nitrogens is 2. The second-order valence-electron chi connectivity index (χ2n) is 3.75. The van der Waals surface area contributed by atoms with Gasteiger partial charge in [-0.3, -0.25) is 0 Å². The molecule has 0 aliphatic rings. The first-order chi connectivity index (χ1) is 6.01. The molecule has 13 heavy (non-hydrogen) atoms. The van der Waals surface area contributed by atoms with Crippen LogP contribution in [0.15, 0.2) is 12.3 Å². The number of rotatable bonds is 1. The first-order valence-corrected chi connectivity index (χ1v) is 6.88. The quantitative estimate of drug-likeness (QED) is 0.718. The molecule has 1 rings (SSSR count).